The van der Waals surface area contributed by atoms with Crippen LogP contribution in [0.15, 0.2) is 5.10 Å². The summed E-state index contributed by atoms with van der Waals surface area (Å²) >= 11 is 0. The van der Waals surface area contributed by atoms with Crippen molar-refractivity contribution in [3.8, 4) is 0 Å². The summed E-state index contributed by atoms with van der Waals surface area (Å²) in [6.45, 7) is 6.54. The third-order valence-corrected chi connectivity index (χ3v) is 1.35. The van der Waals surface area contributed by atoms with E-state index in [-0.39, 0.29) is 5.97 Å². The normalized spacial score (nSPS) is 11.2. The molecule has 0 saturated heterocycles. The Balaban J connectivity index is 4.07. The minimum atomic E-state index is -0.349. The first-order chi connectivity index (χ1) is 5.61. The van der Waals surface area contributed by atoms with Crippen molar-refractivity contribution in [2.45, 2.75) is 20.8 Å². The smallest absolute Gasteiger partial charge is 0.354 e. The standard InChI is InChI=1S/C8H16N2O2/c1-5-10(4)9-7(3)8(11)12-6-2/h5-6H2,1-4H3/b9-7+. The Hall–Kier alpha value is -1.06. The van der Waals surface area contributed by atoms with Crippen LogP contribution in [0.2, 0.25) is 0 Å². The summed E-state index contributed by atoms with van der Waals surface area (Å²) in [5.74, 6) is -0.349. The molecule has 0 rings (SSSR count). The molecular formula is C8H16N2O2. The van der Waals surface area contributed by atoms with Gasteiger partial charge in [-0.3, -0.25) is 5.01 Å². The van der Waals surface area contributed by atoms with Crippen molar-refractivity contribution < 1.29 is 9.53 Å². The molecule has 70 valence electrons. The molecule has 4 nitrogen and oxygen atoms in total. The van der Waals surface area contributed by atoms with Gasteiger partial charge in [0.2, 0.25) is 0 Å². The van der Waals surface area contributed by atoms with Gasteiger partial charge in [0.1, 0.15) is 5.71 Å². The van der Waals surface area contributed by atoms with Gasteiger partial charge >= 0.3 is 5.97 Å². The van der Waals surface area contributed by atoms with E-state index in [1.54, 1.807) is 18.9 Å². The third kappa shape index (κ3) is 3.95. The molecule has 0 aromatic heterocycles. The number of ether oxygens (including phenoxy) is 1. The SMILES string of the molecule is CCOC(=O)/C(C)=N/N(C)CC. The van der Waals surface area contributed by atoms with Gasteiger partial charge in [0.15, 0.2) is 0 Å². The zero-order chi connectivity index (χ0) is 9.56. The van der Waals surface area contributed by atoms with E-state index in [9.17, 15) is 4.79 Å². The minimum absolute atomic E-state index is 0.349. The van der Waals surface area contributed by atoms with Crippen LogP contribution in [0, 0.1) is 0 Å². The average Bonchev–Trinajstić information content (AvgIpc) is 2.04. The second-order valence-electron chi connectivity index (χ2n) is 2.38. The van der Waals surface area contributed by atoms with Crippen LogP contribution in [0.1, 0.15) is 20.8 Å². The van der Waals surface area contributed by atoms with Crippen molar-refractivity contribution in [3.05, 3.63) is 0 Å². The lowest BCUT2D eigenvalue weighted by atomic mass is 10.4. The fourth-order valence-electron chi connectivity index (χ4n) is 0.603. The van der Waals surface area contributed by atoms with Crippen LogP contribution in [0.25, 0.3) is 0 Å². The highest BCUT2D eigenvalue weighted by atomic mass is 16.5. The molecule has 0 aromatic rings. The van der Waals surface area contributed by atoms with Gasteiger partial charge in [-0.15, -0.1) is 0 Å². The van der Waals surface area contributed by atoms with Crippen LogP contribution < -0.4 is 0 Å². The van der Waals surface area contributed by atoms with E-state index in [0.717, 1.165) is 6.54 Å². The molecule has 0 aliphatic heterocycles. The Labute approximate surface area is 73.2 Å². The van der Waals surface area contributed by atoms with E-state index >= 15 is 0 Å². The molecule has 0 aliphatic rings. The number of esters is 1. The van der Waals surface area contributed by atoms with Crippen molar-refractivity contribution >= 4 is 11.7 Å². The molecule has 0 radical (unpaired) electrons. The lowest BCUT2D eigenvalue weighted by Crippen LogP contribution is -2.19. The highest BCUT2D eigenvalue weighted by Crippen LogP contribution is 1.88. The fraction of sp³-hybridized carbons (Fsp3) is 0.750. The van der Waals surface area contributed by atoms with Crippen molar-refractivity contribution in [1.82, 2.24) is 5.01 Å². The Kier molecular flexibility index (Phi) is 5.08. The fourth-order valence-corrected chi connectivity index (χ4v) is 0.603. The lowest BCUT2D eigenvalue weighted by Gasteiger charge is -2.10. The summed E-state index contributed by atoms with van der Waals surface area (Å²) in [5, 5.41) is 5.68. The largest absolute Gasteiger partial charge is 0.461 e. The van der Waals surface area contributed by atoms with Gasteiger partial charge in [-0.2, -0.15) is 5.10 Å². The lowest BCUT2D eigenvalue weighted by molar-refractivity contribution is -0.135. The van der Waals surface area contributed by atoms with Gasteiger partial charge < -0.3 is 4.74 Å². The number of hydrazone groups is 1. The number of carbonyl (C=O) groups is 1. The van der Waals surface area contributed by atoms with Crippen molar-refractivity contribution in [1.29, 1.82) is 0 Å². The summed E-state index contributed by atoms with van der Waals surface area (Å²) in [6, 6.07) is 0. The Bertz CT molecular complexity index is 178. The summed E-state index contributed by atoms with van der Waals surface area (Å²) in [7, 11) is 1.81. The summed E-state index contributed by atoms with van der Waals surface area (Å²) in [6.07, 6.45) is 0. The molecule has 0 bridgehead atoms. The van der Waals surface area contributed by atoms with E-state index in [1.165, 1.54) is 0 Å². The third-order valence-electron chi connectivity index (χ3n) is 1.35. The molecule has 0 heterocycles. The monoisotopic (exact) mass is 172 g/mol. The Morgan fingerprint density at radius 3 is 2.50 bits per heavy atom. The number of rotatable bonds is 4. The number of hydrogen-bond donors (Lipinski definition) is 0. The van der Waals surface area contributed by atoms with Crippen LogP contribution in [-0.2, 0) is 9.53 Å². The van der Waals surface area contributed by atoms with E-state index in [2.05, 4.69) is 5.10 Å². The predicted octanol–water partition coefficient (Wildman–Crippen LogP) is 0.877. The highest BCUT2D eigenvalue weighted by Gasteiger charge is 2.06. The maximum absolute atomic E-state index is 11.0. The molecule has 0 spiro atoms. The quantitative estimate of drug-likeness (QED) is 0.359. The van der Waals surface area contributed by atoms with Gasteiger partial charge in [0, 0.05) is 13.6 Å². The first-order valence-electron chi connectivity index (χ1n) is 4.05. The molecule has 0 fully saturated rings. The van der Waals surface area contributed by atoms with E-state index in [1.807, 2.05) is 14.0 Å². The van der Waals surface area contributed by atoms with Crippen LogP contribution in [-0.4, -0.2) is 36.9 Å². The number of carbonyl (C=O) groups excluding carboxylic acids is 1. The molecule has 0 amide bonds. The molecule has 12 heavy (non-hydrogen) atoms. The van der Waals surface area contributed by atoms with Gasteiger partial charge in [-0.25, -0.2) is 4.79 Å². The van der Waals surface area contributed by atoms with Gasteiger partial charge in [-0.05, 0) is 20.8 Å². The minimum Gasteiger partial charge on any atom is -0.461 e. The highest BCUT2D eigenvalue weighted by molar-refractivity contribution is 6.35. The van der Waals surface area contributed by atoms with E-state index < -0.39 is 0 Å². The zero-order valence-electron chi connectivity index (χ0n) is 8.13. The average molecular weight is 172 g/mol. The van der Waals surface area contributed by atoms with Crippen LogP contribution in [0.5, 0.6) is 0 Å². The second-order valence-corrected chi connectivity index (χ2v) is 2.38. The van der Waals surface area contributed by atoms with Crippen LogP contribution in [0.4, 0.5) is 0 Å². The Morgan fingerprint density at radius 1 is 1.50 bits per heavy atom. The predicted molar refractivity (Wildman–Crippen MR) is 48.0 cm³/mol. The molecule has 4 heteroatoms. The zero-order valence-corrected chi connectivity index (χ0v) is 8.13. The van der Waals surface area contributed by atoms with Crippen molar-refractivity contribution in [3.63, 3.8) is 0 Å². The van der Waals surface area contributed by atoms with Crippen LogP contribution >= 0.6 is 0 Å². The molecule has 0 aliphatic carbocycles. The first kappa shape index (κ1) is 10.9. The molecular weight excluding hydrogens is 156 g/mol. The maximum Gasteiger partial charge on any atom is 0.354 e. The first-order valence-corrected chi connectivity index (χ1v) is 4.05. The van der Waals surface area contributed by atoms with Crippen molar-refractivity contribution in [2.75, 3.05) is 20.2 Å². The summed E-state index contributed by atoms with van der Waals surface area (Å²) in [5.41, 5.74) is 0.390. The number of hydrogen-bond acceptors (Lipinski definition) is 4. The molecule has 0 aromatic carbocycles. The molecule has 0 N–H and O–H groups in total. The van der Waals surface area contributed by atoms with Gasteiger partial charge in [0.05, 0.1) is 6.61 Å². The number of nitrogens with zero attached hydrogens (tertiary/aromatic N) is 2. The van der Waals surface area contributed by atoms with E-state index in [4.69, 9.17) is 4.74 Å². The topological polar surface area (TPSA) is 41.9 Å². The van der Waals surface area contributed by atoms with Crippen molar-refractivity contribution in [2.24, 2.45) is 5.10 Å². The molecule has 0 atom stereocenters. The summed E-state index contributed by atoms with van der Waals surface area (Å²) < 4.78 is 4.75. The molecule has 0 unspecified atom stereocenters. The Morgan fingerprint density at radius 2 is 2.08 bits per heavy atom. The summed E-state index contributed by atoms with van der Waals surface area (Å²) in [4.78, 5) is 11.0. The van der Waals surface area contributed by atoms with Crippen LogP contribution in [0.3, 0.4) is 0 Å². The van der Waals surface area contributed by atoms with E-state index in [0.29, 0.717) is 12.3 Å². The molecule has 0 saturated carbocycles. The second kappa shape index (κ2) is 5.57. The van der Waals surface area contributed by atoms with Gasteiger partial charge in [-0.1, -0.05) is 0 Å². The maximum atomic E-state index is 11.0. The van der Waals surface area contributed by atoms with Gasteiger partial charge in [0.25, 0.3) is 0 Å².